The van der Waals surface area contributed by atoms with Crippen molar-refractivity contribution in [1.29, 1.82) is 0 Å². The predicted molar refractivity (Wildman–Crippen MR) is 144 cm³/mol. The standard InChI is InChI=1S/C27H28F2N8O3/c1-13(2)37-15(4)33-25-18(28)9-16(10-21(25)37)24-19(29)12-31-27(35-24)34-22-6-5-20(14(3)32-22)36-8-7-17(11-23(36)38)40-26(30)39/h5-6,9-10,12-13,17H,7-8,11H2,1-4H3,(H2,30,39)(H,31,32,34,35). The van der Waals surface area contributed by atoms with Gasteiger partial charge in [-0.05, 0) is 52.0 Å². The molecule has 0 radical (unpaired) electrons. The van der Waals surface area contributed by atoms with Crippen molar-refractivity contribution in [2.45, 2.75) is 52.7 Å². The molecule has 3 N–H and O–H groups in total. The number of aryl methyl sites for hydroxylation is 2. The zero-order valence-electron chi connectivity index (χ0n) is 22.4. The van der Waals surface area contributed by atoms with Gasteiger partial charge in [-0.15, -0.1) is 0 Å². The molecule has 3 aromatic heterocycles. The molecule has 1 fully saturated rings. The van der Waals surface area contributed by atoms with E-state index in [9.17, 15) is 18.4 Å². The minimum Gasteiger partial charge on any atom is -0.446 e. The van der Waals surface area contributed by atoms with E-state index in [1.54, 1.807) is 36.9 Å². The third-order valence-corrected chi connectivity index (χ3v) is 6.71. The van der Waals surface area contributed by atoms with Gasteiger partial charge in [-0.1, -0.05) is 0 Å². The van der Waals surface area contributed by atoms with Gasteiger partial charge < -0.3 is 25.3 Å². The highest BCUT2D eigenvalue weighted by Crippen LogP contribution is 2.31. The van der Waals surface area contributed by atoms with Crippen LogP contribution in [0.4, 0.5) is 31.0 Å². The monoisotopic (exact) mass is 550 g/mol. The summed E-state index contributed by atoms with van der Waals surface area (Å²) in [6, 6.07) is 6.26. The summed E-state index contributed by atoms with van der Waals surface area (Å²) >= 11 is 0. The number of rotatable bonds is 6. The van der Waals surface area contributed by atoms with Gasteiger partial charge >= 0.3 is 6.09 Å². The molecule has 4 aromatic rings. The Labute approximate surface area is 228 Å². The SMILES string of the molecule is Cc1nc(Nc2ncc(F)c(-c3cc(F)c4nc(C)n(C(C)C)c4c3)n2)ccc1N1CCC(OC(N)=O)CC1=O. The first-order valence-corrected chi connectivity index (χ1v) is 12.7. The fourth-order valence-electron chi connectivity index (χ4n) is 5.03. The van der Waals surface area contributed by atoms with Crippen LogP contribution < -0.4 is 16.0 Å². The van der Waals surface area contributed by atoms with E-state index in [1.807, 2.05) is 18.4 Å². The number of carbonyl (C=O) groups excluding carboxylic acids is 2. The molecule has 208 valence electrons. The first-order valence-electron chi connectivity index (χ1n) is 12.7. The highest BCUT2D eigenvalue weighted by Gasteiger charge is 2.30. The number of anilines is 3. The number of nitrogens with one attached hydrogen (secondary N) is 1. The average molecular weight is 551 g/mol. The number of amides is 2. The number of aromatic nitrogens is 5. The molecule has 4 heterocycles. The number of pyridine rings is 1. The summed E-state index contributed by atoms with van der Waals surface area (Å²) < 4.78 is 36.7. The molecule has 11 nitrogen and oxygen atoms in total. The lowest BCUT2D eigenvalue weighted by molar-refractivity contribution is -0.122. The van der Waals surface area contributed by atoms with Gasteiger partial charge in [0, 0.05) is 24.6 Å². The van der Waals surface area contributed by atoms with E-state index in [4.69, 9.17) is 10.5 Å². The van der Waals surface area contributed by atoms with Crippen LogP contribution in [0.2, 0.25) is 0 Å². The molecule has 0 aliphatic carbocycles. The number of hydrogen-bond acceptors (Lipinski definition) is 8. The third kappa shape index (κ3) is 5.14. The fraction of sp³-hybridized carbons (Fsp3) is 0.333. The zero-order valence-corrected chi connectivity index (χ0v) is 22.4. The molecule has 0 spiro atoms. The van der Waals surface area contributed by atoms with Crippen molar-refractivity contribution in [3.63, 3.8) is 0 Å². The predicted octanol–water partition coefficient (Wildman–Crippen LogP) is 4.70. The van der Waals surface area contributed by atoms with Crippen LogP contribution in [0, 0.1) is 25.5 Å². The lowest BCUT2D eigenvalue weighted by Gasteiger charge is -2.31. The van der Waals surface area contributed by atoms with E-state index in [-0.39, 0.29) is 41.1 Å². The summed E-state index contributed by atoms with van der Waals surface area (Å²) in [7, 11) is 0. The Morgan fingerprint density at radius 3 is 2.60 bits per heavy atom. The van der Waals surface area contributed by atoms with Gasteiger partial charge in [0.05, 0.1) is 29.5 Å². The van der Waals surface area contributed by atoms with E-state index >= 15 is 0 Å². The average Bonchev–Trinajstić information content (AvgIpc) is 3.22. The van der Waals surface area contributed by atoms with Crippen LogP contribution in [0.3, 0.4) is 0 Å². The molecule has 0 saturated carbocycles. The molecular formula is C27H28F2N8O3. The highest BCUT2D eigenvalue weighted by molar-refractivity contribution is 5.95. The van der Waals surface area contributed by atoms with Gasteiger partial charge in [0.1, 0.15) is 29.0 Å². The Kier molecular flexibility index (Phi) is 7.04. The Balaban J connectivity index is 1.40. The molecular weight excluding hydrogens is 522 g/mol. The molecule has 2 amide bonds. The van der Waals surface area contributed by atoms with E-state index < -0.39 is 23.8 Å². The van der Waals surface area contributed by atoms with Crippen molar-refractivity contribution in [1.82, 2.24) is 24.5 Å². The number of carbonyl (C=O) groups is 2. The lowest BCUT2D eigenvalue weighted by atomic mass is 10.1. The number of nitrogens with two attached hydrogens (primary N) is 1. The maximum absolute atomic E-state index is 15.0. The van der Waals surface area contributed by atoms with Crippen LogP contribution in [-0.4, -0.2) is 49.2 Å². The van der Waals surface area contributed by atoms with E-state index in [0.29, 0.717) is 41.5 Å². The summed E-state index contributed by atoms with van der Waals surface area (Å²) in [5, 5.41) is 2.95. The number of hydrogen-bond donors (Lipinski definition) is 2. The van der Waals surface area contributed by atoms with Gasteiger partial charge in [0.15, 0.2) is 11.6 Å². The van der Waals surface area contributed by atoms with Gasteiger partial charge in [-0.3, -0.25) is 4.79 Å². The van der Waals surface area contributed by atoms with Crippen LogP contribution >= 0.6 is 0 Å². The Morgan fingerprint density at radius 1 is 1.15 bits per heavy atom. The van der Waals surface area contributed by atoms with Crippen molar-refractivity contribution >= 4 is 40.5 Å². The van der Waals surface area contributed by atoms with E-state index in [2.05, 4.69) is 25.3 Å². The van der Waals surface area contributed by atoms with Gasteiger partial charge in [-0.2, -0.15) is 0 Å². The maximum Gasteiger partial charge on any atom is 0.404 e. The van der Waals surface area contributed by atoms with Crippen LogP contribution in [0.15, 0.2) is 30.5 Å². The van der Waals surface area contributed by atoms with E-state index in [0.717, 1.165) is 6.20 Å². The summed E-state index contributed by atoms with van der Waals surface area (Å²) in [5.41, 5.74) is 7.15. The largest absolute Gasteiger partial charge is 0.446 e. The number of piperidine rings is 1. The Morgan fingerprint density at radius 2 is 1.93 bits per heavy atom. The van der Waals surface area contributed by atoms with Crippen molar-refractivity contribution in [2.75, 3.05) is 16.8 Å². The molecule has 1 aromatic carbocycles. The number of benzene rings is 1. The Bertz CT molecular complexity index is 1640. The van der Waals surface area contributed by atoms with Gasteiger partial charge in [0.2, 0.25) is 11.9 Å². The first kappa shape index (κ1) is 26.9. The van der Waals surface area contributed by atoms with Gasteiger partial charge in [0.25, 0.3) is 0 Å². The lowest BCUT2D eigenvalue weighted by Crippen LogP contribution is -2.43. The van der Waals surface area contributed by atoms with Crippen molar-refractivity contribution in [3.8, 4) is 11.3 Å². The first-order chi connectivity index (χ1) is 19.0. The molecule has 0 bridgehead atoms. The molecule has 1 unspecified atom stereocenters. The van der Waals surface area contributed by atoms with E-state index in [1.165, 1.54) is 6.07 Å². The second-order valence-electron chi connectivity index (χ2n) is 9.86. The molecule has 1 atom stereocenters. The Hall–Kier alpha value is -4.68. The molecule has 1 aliphatic heterocycles. The van der Waals surface area contributed by atoms with Crippen molar-refractivity contribution < 1.29 is 23.1 Å². The number of fused-ring (bicyclic) bond motifs is 1. The topological polar surface area (TPSA) is 141 Å². The van der Waals surface area contributed by atoms with Crippen LogP contribution in [0.25, 0.3) is 22.3 Å². The van der Waals surface area contributed by atoms with Crippen molar-refractivity contribution in [3.05, 3.63) is 53.6 Å². The number of ether oxygens (including phenoxy) is 1. The third-order valence-electron chi connectivity index (χ3n) is 6.71. The number of halogens is 2. The smallest absolute Gasteiger partial charge is 0.404 e. The number of primary amides is 1. The molecule has 5 rings (SSSR count). The molecule has 1 saturated heterocycles. The summed E-state index contributed by atoms with van der Waals surface area (Å²) in [6.45, 7) is 7.80. The fourth-order valence-corrected chi connectivity index (χ4v) is 5.03. The highest BCUT2D eigenvalue weighted by atomic mass is 19.1. The summed E-state index contributed by atoms with van der Waals surface area (Å²) in [4.78, 5) is 42.4. The number of nitrogens with zero attached hydrogens (tertiary/aromatic N) is 6. The molecule has 1 aliphatic rings. The second-order valence-corrected chi connectivity index (χ2v) is 9.86. The van der Waals surface area contributed by atoms with Crippen molar-refractivity contribution in [2.24, 2.45) is 5.73 Å². The normalized spacial score (nSPS) is 15.6. The molecule has 40 heavy (non-hydrogen) atoms. The van der Waals surface area contributed by atoms with Crippen LogP contribution in [-0.2, 0) is 9.53 Å². The maximum atomic E-state index is 15.0. The van der Waals surface area contributed by atoms with Gasteiger partial charge in [-0.25, -0.2) is 33.5 Å². The minimum atomic E-state index is -0.909. The number of imidazole rings is 1. The summed E-state index contributed by atoms with van der Waals surface area (Å²) in [5.74, 6) is -0.415. The van der Waals surface area contributed by atoms with Crippen LogP contribution in [0.5, 0.6) is 0 Å². The minimum absolute atomic E-state index is 0.0227. The molecule has 13 heteroatoms. The summed E-state index contributed by atoms with van der Waals surface area (Å²) in [6.07, 6.45) is 0.0247. The van der Waals surface area contributed by atoms with Crippen LogP contribution in [0.1, 0.15) is 44.2 Å². The zero-order chi connectivity index (χ0) is 28.7. The quantitative estimate of drug-likeness (QED) is 0.352. The second kappa shape index (κ2) is 10.5.